The third kappa shape index (κ3) is 3.76. The quantitative estimate of drug-likeness (QED) is 0.899. The summed E-state index contributed by atoms with van der Waals surface area (Å²) < 4.78 is 25.1. The maximum Gasteiger partial charge on any atom is 0.251 e. The van der Waals surface area contributed by atoms with Crippen molar-refractivity contribution in [2.24, 2.45) is 0 Å². The van der Waals surface area contributed by atoms with Gasteiger partial charge in [0.25, 0.3) is 5.91 Å². The Balaban J connectivity index is 1.77. The van der Waals surface area contributed by atoms with Crippen molar-refractivity contribution in [2.75, 3.05) is 6.61 Å². The van der Waals surface area contributed by atoms with Crippen LogP contribution in [0, 0.1) is 12.7 Å². The van der Waals surface area contributed by atoms with Gasteiger partial charge >= 0.3 is 0 Å². The highest BCUT2D eigenvalue weighted by Gasteiger charge is 2.22. The van der Waals surface area contributed by atoms with Crippen LogP contribution in [-0.4, -0.2) is 18.6 Å². The second-order valence-electron chi connectivity index (χ2n) is 6.28. The molecule has 1 amide bonds. The van der Waals surface area contributed by atoms with Crippen LogP contribution >= 0.6 is 0 Å². The molecule has 2 aromatic rings. The normalized spacial score (nSPS) is 15.4. The van der Waals surface area contributed by atoms with Gasteiger partial charge in [-0.25, -0.2) is 4.39 Å². The molecule has 4 nitrogen and oxygen atoms in total. The summed E-state index contributed by atoms with van der Waals surface area (Å²) in [5.41, 5.74) is 2.77. The lowest BCUT2D eigenvalue weighted by atomic mass is 10.1. The van der Waals surface area contributed by atoms with E-state index in [1.165, 1.54) is 6.07 Å². The van der Waals surface area contributed by atoms with E-state index in [0.29, 0.717) is 17.7 Å². The molecule has 1 aliphatic heterocycles. The van der Waals surface area contributed by atoms with E-state index in [1.54, 1.807) is 19.1 Å². The van der Waals surface area contributed by atoms with Crippen LogP contribution in [0.3, 0.4) is 0 Å². The Morgan fingerprint density at radius 2 is 2.16 bits per heavy atom. The Kier molecular flexibility index (Phi) is 4.93. The van der Waals surface area contributed by atoms with Gasteiger partial charge in [0.15, 0.2) is 0 Å². The Morgan fingerprint density at radius 1 is 1.36 bits per heavy atom. The minimum Gasteiger partial charge on any atom is -0.494 e. The van der Waals surface area contributed by atoms with E-state index in [-0.39, 0.29) is 24.4 Å². The van der Waals surface area contributed by atoms with Crippen LogP contribution in [0.2, 0.25) is 0 Å². The second-order valence-corrected chi connectivity index (χ2v) is 6.28. The van der Waals surface area contributed by atoms with Gasteiger partial charge in [-0.1, -0.05) is 6.07 Å². The molecule has 25 heavy (non-hydrogen) atoms. The molecule has 0 saturated carbocycles. The van der Waals surface area contributed by atoms with Gasteiger partial charge in [0.2, 0.25) is 0 Å². The lowest BCUT2D eigenvalue weighted by Gasteiger charge is -2.13. The van der Waals surface area contributed by atoms with Crippen LogP contribution in [-0.2, 0) is 13.0 Å². The van der Waals surface area contributed by atoms with E-state index in [9.17, 15) is 9.18 Å². The third-order valence-corrected chi connectivity index (χ3v) is 4.25. The van der Waals surface area contributed by atoms with Crippen molar-refractivity contribution < 1.29 is 18.7 Å². The molecule has 0 spiro atoms. The molecule has 0 aromatic heterocycles. The van der Waals surface area contributed by atoms with Crippen molar-refractivity contribution in [3.05, 3.63) is 58.4 Å². The average Bonchev–Trinajstić information content (AvgIpc) is 2.94. The molecular formula is C20H22FNO3. The molecule has 132 valence electrons. The lowest BCUT2D eigenvalue weighted by molar-refractivity contribution is 0.0950. The van der Waals surface area contributed by atoms with E-state index in [1.807, 2.05) is 26.0 Å². The molecule has 2 aromatic carbocycles. The van der Waals surface area contributed by atoms with Crippen molar-refractivity contribution in [3.63, 3.8) is 0 Å². The number of amides is 1. The van der Waals surface area contributed by atoms with Gasteiger partial charge in [0, 0.05) is 29.7 Å². The standard InChI is InChI=1S/C20H22FNO3/c1-4-24-18-9-15-7-13(3)25-19(15)10-16(18)11-22-20(23)14-6-5-12(2)17(21)8-14/h5-6,8-10,13H,4,7,11H2,1-3H3,(H,22,23). The van der Waals surface area contributed by atoms with E-state index < -0.39 is 0 Å². The van der Waals surface area contributed by atoms with Crippen LogP contribution in [0.4, 0.5) is 4.39 Å². The van der Waals surface area contributed by atoms with Crippen molar-refractivity contribution in [1.29, 1.82) is 0 Å². The fourth-order valence-corrected chi connectivity index (χ4v) is 2.92. The Labute approximate surface area is 147 Å². The minimum atomic E-state index is -0.387. The summed E-state index contributed by atoms with van der Waals surface area (Å²) >= 11 is 0. The first-order valence-electron chi connectivity index (χ1n) is 8.47. The predicted molar refractivity (Wildman–Crippen MR) is 93.7 cm³/mol. The van der Waals surface area contributed by atoms with Crippen molar-refractivity contribution >= 4 is 5.91 Å². The summed E-state index contributed by atoms with van der Waals surface area (Å²) in [6, 6.07) is 8.36. The number of fused-ring (bicyclic) bond motifs is 1. The third-order valence-electron chi connectivity index (χ3n) is 4.25. The first-order chi connectivity index (χ1) is 12.0. The maximum absolute atomic E-state index is 13.6. The monoisotopic (exact) mass is 343 g/mol. The largest absolute Gasteiger partial charge is 0.494 e. The highest BCUT2D eigenvalue weighted by molar-refractivity contribution is 5.94. The van der Waals surface area contributed by atoms with Crippen LogP contribution in [0.5, 0.6) is 11.5 Å². The zero-order valence-corrected chi connectivity index (χ0v) is 14.7. The summed E-state index contributed by atoms with van der Waals surface area (Å²) in [7, 11) is 0. The summed E-state index contributed by atoms with van der Waals surface area (Å²) in [5.74, 6) is 0.870. The number of hydrogen-bond donors (Lipinski definition) is 1. The van der Waals surface area contributed by atoms with Gasteiger partial charge in [-0.05, 0) is 50.6 Å². The smallest absolute Gasteiger partial charge is 0.251 e. The number of benzene rings is 2. The molecule has 1 N–H and O–H groups in total. The first kappa shape index (κ1) is 17.3. The van der Waals surface area contributed by atoms with Crippen molar-refractivity contribution in [2.45, 2.75) is 39.8 Å². The number of hydrogen-bond acceptors (Lipinski definition) is 3. The molecule has 0 saturated heterocycles. The Bertz CT molecular complexity index is 804. The van der Waals surface area contributed by atoms with E-state index >= 15 is 0 Å². The second kappa shape index (κ2) is 7.13. The minimum absolute atomic E-state index is 0.143. The van der Waals surface area contributed by atoms with Gasteiger partial charge in [0.1, 0.15) is 23.4 Å². The summed E-state index contributed by atoms with van der Waals surface area (Å²) in [4.78, 5) is 12.3. The molecule has 3 rings (SSSR count). The summed E-state index contributed by atoms with van der Waals surface area (Å²) in [5, 5.41) is 2.82. The van der Waals surface area contributed by atoms with Crippen LogP contribution in [0.1, 0.15) is 40.9 Å². The number of carbonyl (C=O) groups is 1. The molecular weight excluding hydrogens is 321 g/mol. The van der Waals surface area contributed by atoms with Crippen LogP contribution in [0.15, 0.2) is 30.3 Å². The van der Waals surface area contributed by atoms with Gasteiger partial charge in [-0.3, -0.25) is 4.79 Å². The fraction of sp³-hybridized carbons (Fsp3) is 0.350. The summed E-state index contributed by atoms with van der Waals surface area (Å²) in [6.45, 7) is 6.43. The van der Waals surface area contributed by atoms with E-state index in [0.717, 1.165) is 29.0 Å². The van der Waals surface area contributed by atoms with Gasteiger partial charge < -0.3 is 14.8 Å². The number of aryl methyl sites for hydroxylation is 1. The number of ether oxygens (including phenoxy) is 2. The number of carbonyl (C=O) groups excluding carboxylic acids is 1. The molecule has 0 fully saturated rings. The van der Waals surface area contributed by atoms with Gasteiger partial charge in [-0.15, -0.1) is 0 Å². The molecule has 1 atom stereocenters. The highest BCUT2D eigenvalue weighted by Crippen LogP contribution is 2.35. The zero-order chi connectivity index (χ0) is 18.0. The molecule has 1 unspecified atom stereocenters. The van der Waals surface area contributed by atoms with E-state index in [4.69, 9.17) is 9.47 Å². The molecule has 1 heterocycles. The van der Waals surface area contributed by atoms with Crippen LogP contribution < -0.4 is 14.8 Å². The molecule has 0 radical (unpaired) electrons. The zero-order valence-electron chi connectivity index (χ0n) is 14.7. The van der Waals surface area contributed by atoms with E-state index in [2.05, 4.69) is 5.32 Å². The Hall–Kier alpha value is -2.56. The highest BCUT2D eigenvalue weighted by atomic mass is 19.1. The topological polar surface area (TPSA) is 47.6 Å². The first-order valence-corrected chi connectivity index (χ1v) is 8.47. The predicted octanol–water partition coefficient (Wildman–Crippen LogP) is 3.79. The number of nitrogens with one attached hydrogen (secondary N) is 1. The van der Waals surface area contributed by atoms with Gasteiger partial charge in [-0.2, -0.15) is 0 Å². The molecule has 0 bridgehead atoms. The number of rotatable bonds is 5. The van der Waals surface area contributed by atoms with Gasteiger partial charge in [0.05, 0.1) is 6.61 Å². The SMILES string of the molecule is CCOc1cc2c(cc1CNC(=O)c1ccc(C)c(F)c1)OC(C)C2. The number of halogens is 1. The van der Waals surface area contributed by atoms with Crippen LogP contribution in [0.25, 0.3) is 0 Å². The summed E-state index contributed by atoms with van der Waals surface area (Å²) in [6.07, 6.45) is 0.995. The van der Waals surface area contributed by atoms with Crippen molar-refractivity contribution in [3.8, 4) is 11.5 Å². The molecule has 5 heteroatoms. The average molecular weight is 343 g/mol. The molecule has 0 aliphatic carbocycles. The fourth-order valence-electron chi connectivity index (χ4n) is 2.92. The Morgan fingerprint density at radius 3 is 2.88 bits per heavy atom. The van der Waals surface area contributed by atoms with Crippen molar-refractivity contribution in [1.82, 2.24) is 5.32 Å². The lowest BCUT2D eigenvalue weighted by Crippen LogP contribution is -2.23. The maximum atomic E-state index is 13.6. The molecule has 1 aliphatic rings.